The molecule has 1 aliphatic rings. The van der Waals surface area contributed by atoms with E-state index in [1.54, 1.807) is 13.8 Å². The van der Waals surface area contributed by atoms with Crippen LogP contribution in [0.5, 0.6) is 0 Å². The van der Waals surface area contributed by atoms with Gasteiger partial charge in [-0.3, -0.25) is 25.0 Å². The average molecular weight is 251 g/mol. The molecule has 8 nitrogen and oxygen atoms in total. The standard InChI is InChI=1S/C10H9N3O5/c1-10(2)6-3-5(12(15)16)4-7(13(17)18)8(6)11-9(10)14/h3-4H,1-2H3,(H,11,14). The number of nitrogens with one attached hydrogen (secondary N) is 1. The highest BCUT2D eigenvalue weighted by atomic mass is 16.6. The van der Waals surface area contributed by atoms with Crippen LogP contribution in [0.3, 0.4) is 0 Å². The molecule has 0 saturated carbocycles. The normalized spacial score (nSPS) is 16.0. The number of nitro groups is 2. The number of fused-ring (bicyclic) bond motifs is 1. The summed E-state index contributed by atoms with van der Waals surface area (Å²) in [5, 5.41) is 24.0. The molecule has 18 heavy (non-hydrogen) atoms. The van der Waals surface area contributed by atoms with Crippen molar-refractivity contribution in [3.8, 4) is 0 Å². The number of non-ortho nitro benzene ring substituents is 1. The van der Waals surface area contributed by atoms with E-state index >= 15 is 0 Å². The number of hydrogen-bond donors (Lipinski definition) is 1. The molecule has 0 aromatic heterocycles. The predicted molar refractivity (Wildman–Crippen MR) is 61.4 cm³/mol. The summed E-state index contributed by atoms with van der Waals surface area (Å²) in [5.41, 5.74) is -1.57. The molecule has 0 saturated heterocycles. The smallest absolute Gasteiger partial charge is 0.299 e. The lowest BCUT2D eigenvalue weighted by Crippen LogP contribution is -2.26. The molecule has 0 radical (unpaired) electrons. The van der Waals surface area contributed by atoms with Gasteiger partial charge in [-0.25, -0.2) is 0 Å². The molecule has 1 aromatic carbocycles. The monoisotopic (exact) mass is 251 g/mol. The first kappa shape index (κ1) is 12.0. The lowest BCUT2D eigenvalue weighted by atomic mass is 9.86. The van der Waals surface area contributed by atoms with Crippen molar-refractivity contribution in [2.45, 2.75) is 19.3 Å². The van der Waals surface area contributed by atoms with Gasteiger partial charge in [0, 0.05) is 11.6 Å². The zero-order valence-corrected chi connectivity index (χ0v) is 9.59. The number of amides is 1. The number of benzene rings is 1. The average Bonchev–Trinajstić information content (AvgIpc) is 2.49. The third-order valence-corrected chi connectivity index (χ3v) is 2.99. The maximum Gasteiger partial charge on any atom is 0.299 e. The van der Waals surface area contributed by atoms with Crippen molar-refractivity contribution in [3.63, 3.8) is 0 Å². The van der Waals surface area contributed by atoms with Gasteiger partial charge < -0.3 is 5.32 Å². The fraction of sp³-hybridized carbons (Fsp3) is 0.300. The number of rotatable bonds is 2. The zero-order chi connectivity index (χ0) is 13.7. The lowest BCUT2D eigenvalue weighted by molar-refractivity contribution is -0.393. The predicted octanol–water partition coefficient (Wildman–Crippen LogP) is 1.73. The van der Waals surface area contributed by atoms with E-state index in [0.29, 0.717) is 0 Å². The lowest BCUT2D eigenvalue weighted by Gasteiger charge is -2.14. The minimum Gasteiger partial charge on any atom is -0.319 e. The van der Waals surface area contributed by atoms with E-state index < -0.39 is 32.5 Å². The van der Waals surface area contributed by atoms with Crippen molar-refractivity contribution in [2.24, 2.45) is 0 Å². The van der Waals surface area contributed by atoms with E-state index in [1.165, 1.54) is 6.07 Å². The summed E-state index contributed by atoms with van der Waals surface area (Å²) >= 11 is 0. The summed E-state index contributed by atoms with van der Waals surface area (Å²) in [6.45, 7) is 3.11. The van der Waals surface area contributed by atoms with Gasteiger partial charge in [0.1, 0.15) is 5.69 Å². The Bertz CT molecular complexity index is 593. The summed E-state index contributed by atoms with van der Waals surface area (Å²) < 4.78 is 0. The van der Waals surface area contributed by atoms with E-state index in [2.05, 4.69) is 5.32 Å². The third kappa shape index (κ3) is 1.50. The summed E-state index contributed by atoms with van der Waals surface area (Å²) in [7, 11) is 0. The number of hydrogen-bond acceptors (Lipinski definition) is 5. The minimum absolute atomic E-state index is 0.0422. The topological polar surface area (TPSA) is 115 Å². The molecular weight excluding hydrogens is 242 g/mol. The summed E-state index contributed by atoms with van der Waals surface area (Å²) in [4.78, 5) is 31.9. The van der Waals surface area contributed by atoms with E-state index in [0.717, 1.165) is 6.07 Å². The van der Waals surface area contributed by atoms with Crippen LogP contribution in [0, 0.1) is 20.2 Å². The van der Waals surface area contributed by atoms with Gasteiger partial charge in [-0.15, -0.1) is 0 Å². The van der Waals surface area contributed by atoms with Crippen LogP contribution in [-0.4, -0.2) is 15.8 Å². The second-order valence-electron chi connectivity index (χ2n) is 4.48. The highest BCUT2D eigenvalue weighted by molar-refractivity contribution is 6.08. The summed E-state index contributed by atoms with van der Waals surface area (Å²) in [6, 6.07) is 2.04. The van der Waals surface area contributed by atoms with Crippen molar-refractivity contribution in [1.82, 2.24) is 0 Å². The Hall–Kier alpha value is -2.51. The molecule has 0 fully saturated rings. The first-order valence-corrected chi connectivity index (χ1v) is 5.04. The first-order valence-electron chi connectivity index (χ1n) is 5.04. The van der Waals surface area contributed by atoms with Crippen LogP contribution in [0.25, 0.3) is 0 Å². The van der Waals surface area contributed by atoms with Crippen LogP contribution in [0.4, 0.5) is 17.1 Å². The van der Waals surface area contributed by atoms with Crippen LogP contribution < -0.4 is 5.32 Å². The Morgan fingerprint density at radius 2 is 1.78 bits per heavy atom. The Balaban J connectivity index is 2.78. The molecule has 1 heterocycles. The zero-order valence-electron chi connectivity index (χ0n) is 9.59. The van der Waals surface area contributed by atoms with Crippen LogP contribution in [-0.2, 0) is 10.2 Å². The highest BCUT2D eigenvalue weighted by Crippen LogP contribution is 2.44. The Kier molecular flexibility index (Phi) is 2.32. The molecule has 1 aliphatic heterocycles. The van der Waals surface area contributed by atoms with E-state index in [9.17, 15) is 25.0 Å². The molecular formula is C10H9N3O5. The van der Waals surface area contributed by atoms with Gasteiger partial charge in [0.25, 0.3) is 11.4 Å². The van der Waals surface area contributed by atoms with Crippen molar-refractivity contribution < 1.29 is 14.6 Å². The number of nitrogens with zero attached hydrogens (tertiary/aromatic N) is 2. The molecule has 94 valence electrons. The molecule has 8 heteroatoms. The fourth-order valence-electron chi connectivity index (χ4n) is 1.88. The Labute approximate surface area is 101 Å². The fourth-order valence-corrected chi connectivity index (χ4v) is 1.88. The SMILES string of the molecule is CC1(C)C(=O)Nc2c([N+](=O)[O-])cc([N+](=O)[O-])cc21. The van der Waals surface area contributed by atoms with Crippen molar-refractivity contribution in [1.29, 1.82) is 0 Å². The first-order chi connectivity index (χ1) is 8.25. The van der Waals surface area contributed by atoms with Crippen molar-refractivity contribution in [2.75, 3.05) is 5.32 Å². The van der Waals surface area contributed by atoms with Gasteiger partial charge in [-0.2, -0.15) is 0 Å². The van der Waals surface area contributed by atoms with Crippen LogP contribution >= 0.6 is 0 Å². The quantitative estimate of drug-likeness (QED) is 0.634. The van der Waals surface area contributed by atoms with Gasteiger partial charge in [-0.1, -0.05) is 0 Å². The Morgan fingerprint density at radius 3 is 2.28 bits per heavy atom. The summed E-state index contributed by atoms with van der Waals surface area (Å²) in [6.07, 6.45) is 0. The number of anilines is 1. The second kappa shape index (κ2) is 3.49. The second-order valence-corrected chi connectivity index (χ2v) is 4.48. The van der Waals surface area contributed by atoms with Crippen LogP contribution in [0.1, 0.15) is 19.4 Å². The molecule has 1 aromatic rings. The molecule has 2 rings (SSSR count). The van der Waals surface area contributed by atoms with Gasteiger partial charge in [0.15, 0.2) is 0 Å². The molecule has 0 aliphatic carbocycles. The van der Waals surface area contributed by atoms with E-state index in [1.807, 2.05) is 0 Å². The number of carbonyl (C=O) groups excluding carboxylic acids is 1. The van der Waals surface area contributed by atoms with Gasteiger partial charge in [0.05, 0.1) is 21.3 Å². The molecule has 1 amide bonds. The highest BCUT2D eigenvalue weighted by Gasteiger charge is 2.43. The number of carbonyl (C=O) groups is 1. The van der Waals surface area contributed by atoms with Crippen molar-refractivity contribution >= 4 is 23.0 Å². The molecule has 1 N–H and O–H groups in total. The Morgan fingerprint density at radius 1 is 1.17 bits per heavy atom. The maximum absolute atomic E-state index is 11.7. The molecule has 0 bridgehead atoms. The van der Waals surface area contributed by atoms with Gasteiger partial charge in [-0.05, 0) is 13.8 Å². The summed E-state index contributed by atoms with van der Waals surface area (Å²) in [5.74, 6) is -0.416. The molecule has 0 unspecified atom stereocenters. The number of nitro benzene ring substituents is 2. The van der Waals surface area contributed by atoms with Crippen LogP contribution in [0.2, 0.25) is 0 Å². The molecule has 0 atom stereocenters. The molecule has 0 spiro atoms. The van der Waals surface area contributed by atoms with Gasteiger partial charge in [0.2, 0.25) is 5.91 Å². The maximum atomic E-state index is 11.7. The van der Waals surface area contributed by atoms with Crippen LogP contribution in [0.15, 0.2) is 12.1 Å². The third-order valence-electron chi connectivity index (χ3n) is 2.99. The van der Waals surface area contributed by atoms with E-state index in [4.69, 9.17) is 0 Å². The van der Waals surface area contributed by atoms with Gasteiger partial charge >= 0.3 is 0 Å². The largest absolute Gasteiger partial charge is 0.319 e. The van der Waals surface area contributed by atoms with E-state index in [-0.39, 0.29) is 11.3 Å². The van der Waals surface area contributed by atoms with Crippen molar-refractivity contribution in [3.05, 3.63) is 37.9 Å². The minimum atomic E-state index is -1.02.